The Hall–Kier alpha value is -2.46. The van der Waals surface area contributed by atoms with Gasteiger partial charge in [-0.25, -0.2) is 13.2 Å². The van der Waals surface area contributed by atoms with Crippen molar-refractivity contribution in [1.82, 2.24) is 9.21 Å². The summed E-state index contributed by atoms with van der Waals surface area (Å²) in [6.07, 6.45) is 1.12. The largest absolute Gasteiger partial charge is 0.423 e. The van der Waals surface area contributed by atoms with Crippen molar-refractivity contribution in [1.29, 1.82) is 0 Å². The molecule has 0 radical (unpaired) electrons. The van der Waals surface area contributed by atoms with Gasteiger partial charge in [0.05, 0.1) is 5.41 Å². The van der Waals surface area contributed by atoms with Crippen LogP contribution >= 0.6 is 11.9 Å². The molecule has 28 heavy (non-hydrogen) atoms. The van der Waals surface area contributed by atoms with Crippen LogP contribution in [-0.4, -0.2) is 42.0 Å². The Balaban J connectivity index is 2.25. The average Bonchev–Trinajstić information content (AvgIpc) is 2.89. The second-order valence-corrected chi connectivity index (χ2v) is 10.5. The normalized spacial score (nSPS) is 20.9. The molecule has 10 heteroatoms. The van der Waals surface area contributed by atoms with Crippen LogP contribution in [0.3, 0.4) is 0 Å². The van der Waals surface area contributed by atoms with Gasteiger partial charge in [0.25, 0.3) is 0 Å². The van der Waals surface area contributed by atoms with E-state index in [1.165, 1.54) is 11.9 Å². The van der Waals surface area contributed by atoms with E-state index in [4.69, 9.17) is 10.5 Å². The van der Waals surface area contributed by atoms with E-state index >= 15 is 0 Å². The Morgan fingerprint density at radius 3 is 2.46 bits per heavy atom. The number of amides is 2. The minimum atomic E-state index is -3.88. The third-order valence-electron chi connectivity index (χ3n) is 4.21. The number of urea groups is 1. The lowest BCUT2D eigenvalue weighted by Crippen LogP contribution is -2.45. The van der Waals surface area contributed by atoms with E-state index in [1.807, 2.05) is 12.1 Å². The number of likely N-dealkylation sites (N-methyl/N-ethyl adjacent to an activating group) is 1. The molecule has 0 saturated carbocycles. The molecule has 0 aliphatic carbocycles. The highest BCUT2D eigenvalue weighted by atomic mass is 32.2. The molecule has 1 unspecified atom stereocenters. The van der Waals surface area contributed by atoms with Crippen molar-refractivity contribution in [2.24, 2.45) is 11.1 Å². The molecule has 0 fully saturated rings. The zero-order chi connectivity index (χ0) is 20.9. The predicted octanol–water partition coefficient (Wildman–Crippen LogP) is 2.50. The van der Waals surface area contributed by atoms with Gasteiger partial charge in [-0.05, 0) is 44.9 Å². The third-order valence-corrected chi connectivity index (χ3v) is 6.81. The Morgan fingerprint density at radius 2 is 1.86 bits per heavy atom. The van der Waals surface area contributed by atoms with Crippen LogP contribution in [0.1, 0.15) is 26.3 Å². The number of hydrogen-bond acceptors (Lipinski definition) is 7. The number of rotatable bonds is 2. The van der Waals surface area contributed by atoms with Crippen molar-refractivity contribution in [2.75, 3.05) is 7.05 Å². The van der Waals surface area contributed by atoms with E-state index in [0.29, 0.717) is 5.56 Å². The van der Waals surface area contributed by atoms with Gasteiger partial charge in [0, 0.05) is 29.1 Å². The Kier molecular flexibility index (Phi) is 4.96. The first-order valence-electron chi connectivity index (χ1n) is 8.41. The molecule has 0 saturated heterocycles. The number of sulfone groups is 1. The molecule has 2 N–H and O–H groups in total. The maximum Gasteiger partial charge on any atom is 0.320 e. The highest BCUT2D eigenvalue weighted by Gasteiger charge is 2.45. The molecule has 8 nitrogen and oxygen atoms in total. The number of nitrogens with two attached hydrogens (primary N) is 1. The van der Waals surface area contributed by atoms with Crippen LogP contribution < -0.4 is 5.73 Å². The third kappa shape index (κ3) is 3.49. The maximum absolute atomic E-state index is 12.7. The molecule has 2 amide bonds. The number of primary amides is 1. The predicted molar refractivity (Wildman–Crippen MR) is 106 cm³/mol. The molecule has 1 aromatic rings. The average molecular weight is 424 g/mol. The maximum atomic E-state index is 12.7. The van der Waals surface area contributed by atoms with E-state index in [1.54, 1.807) is 44.3 Å². The summed E-state index contributed by atoms with van der Waals surface area (Å²) in [7, 11) is -2.23. The smallest absolute Gasteiger partial charge is 0.320 e. The van der Waals surface area contributed by atoms with Crippen molar-refractivity contribution in [3.63, 3.8) is 0 Å². The fraction of sp³-hybridized carbons (Fsp3) is 0.333. The van der Waals surface area contributed by atoms with E-state index in [2.05, 4.69) is 0 Å². The van der Waals surface area contributed by atoms with Crippen LogP contribution in [0.25, 0.3) is 5.76 Å². The van der Waals surface area contributed by atoms with Gasteiger partial charge in [-0.3, -0.25) is 9.69 Å². The Labute approximate surface area is 168 Å². The molecule has 0 aromatic heterocycles. The lowest BCUT2D eigenvalue weighted by atomic mass is 9.97. The monoisotopic (exact) mass is 423 g/mol. The highest BCUT2D eigenvalue weighted by Crippen LogP contribution is 2.45. The van der Waals surface area contributed by atoms with Crippen molar-refractivity contribution in [3.8, 4) is 0 Å². The standard InChI is InChI=1S/C18H21N3O5S2/c1-18(2,3)16(22)26-14-11-7-5-6-8-12(11)27-20(4)13(14)15-21(17(19)23)9-10-28(15,24)25/h5-10,15H,1-4H3,(H2,19,23). The fourth-order valence-electron chi connectivity index (χ4n) is 2.77. The number of carbonyl (C=O) groups excluding carboxylic acids is 2. The molecule has 2 aliphatic heterocycles. The molecule has 2 heterocycles. The van der Waals surface area contributed by atoms with Crippen molar-refractivity contribution < 1.29 is 22.7 Å². The Bertz CT molecular complexity index is 1010. The van der Waals surface area contributed by atoms with Crippen LogP contribution in [0.2, 0.25) is 0 Å². The number of esters is 1. The summed E-state index contributed by atoms with van der Waals surface area (Å²) in [5.41, 5.74) is 5.31. The van der Waals surface area contributed by atoms with Gasteiger partial charge in [-0.2, -0.15) is 0 Å². The Morgan fingerprint density at radius 1 is 1.21 bits per heavy atom. The van der Waals surface area contributed by atoms with Crippen LogP contribution in [0.4, 0.5) is 4.79 Å². The van der Waals surface area contributed by atoms with E-state index in [0.717, 1.165) is 21.4 Å². The van der Waals surface area contributed by atoms with Crippen molar-refractivity contribution in [2.45, 2.75) is 31.0 Å². The second-order valence-electron chi connectivity index (χ2n) is 7.41. The van der Waals surface area contributed by atoms with Gasteiger partial charge in [-0.15, -0.1) is 0 Å². The summed E-state index contributed by atoms with van der Waals surface area (Å²) in [6, 6.07) is 6.25. The van der Waals surface area contributed by atoms with Crippen LogP contribution in [0, 0.1) is 5.41 Å². The minimum absolute atomic E-state index is 0.0975. The lowest BCUT2D eigenvalue weighted by Gasteiger charge is -2.35. The number of nitrogens with zero attached hydrogens (tertiary/aromatic N) is 2. The zero-order valence-electron chi connectivity index (χ0n) is 15.9. The summed E-state index contributed by atoms with van der Waals surface area (Å²) in [5, 5.41) is -0.490. The summed E-state index contributed by atoms with van der Waals surface area (Å²) in [6.45, 7) is 5.10. The lowest BCUT2D eigenvalue weighted by molar-refractivity contribution is -0.145. The first-order chi connectivity index (χ1) is 12.9. The fourth-order valence-corrected chi connectivity index (χ4v) is 5.33. The highest BCUT2D eigenvalue weighted by molar-refractivity contribution is 7.97. The molecular weight excluding hydrogens is 402 g/mol. The van der Waals surface area contributed by atoms with Gasteiger partial charge in [0.15, 0.2) is 11.1 Å². The molecule has 150 valence electrons. The zero-order valence-corrected chi connectivity index (χ0v) is 17.5. The van der Waals surface area contributed by atoms with Gasteiger partial charge in [0.2, 0.25) is 9.84 Å². The molecular formula is C18H21N3O5S2. The van der Waals surface area contributed by atoms with E-state index in [9.17, 15) is 18.0 Å². The molecule has 0 bridgehead atoms. The van der Waals surface area contributed by atoms with Gasteiger partial charge in [-0.1, -0.05) is 12.1 Å². The number of carbonyl (C=O) groups is 2. The van der Waals surface area contributed by atoms with Crippen molar-refractivity contribution in [3.05, 3.63) is 47.1 Å². The van der Waals surface area contributed by atoms with Gasteiger partial charge in [0.1, 0.15) is 5.70 Å². The van der Waals surface area contributed by atoms with E-state index in [-0.39, 0.29) is 11.5 Å². The number of fused-ring (bicyclic) bond motifs is 1. The van der Waals surface area contributed by atoms with Gasteiger partial charge >= 0.3 is 12.0 Å². The SMILES string of the molecule is CN1Sc2ccccc2C(OC(=O)C(C)(C)C)=C1C1N(C(N)=O)C=CS1(=O)=O. The first kappa shape index (κ1) is 20.3. The number of benzene rings is 1. The van der Waals surface area contributed by atoms with Crippen LogP contribution in [-0.2, 0) is 19.4 Å². The molecule has 0 spiro atoms. The van der Waals surface area contributed by atoms with Crippen molar-refractivity contribution >= 4 is 39.5 Å². The van der Waals surface area contributed by atoms with Crippen LogP contribution in [0.15, 0.2) is 46.5 Å². The summed E-state index contributed by atoms with van der Waals surface area (Å²) >= 11 is 1.27. The number of ether oxygens (including phenoxy) is 1. The molecule has 1 aromatic carbocycles. The first-order valence-corrected chi connectivity index (χ1v) is 10.8. The second kappa shape index (κ2) is 6.85. The minimum Gasteiger partial charge on any atom is -0.423 e. The quantitative estimate of drug-likeness (QED) is 0.575. The summed E-state index contributed by atoms with van der Waals surface area (Å²) < 4.78 is 32.7. The molecule has 2 aliphatic rings. The molecule has 3 rings (SSSR count). The topological polar surface area (TPSA) is 110 Å². The summed E-state index contributed by atoms with van der Waals surface area (Å²) in [4.78, 5) is 26.2. The van der Waals surface area contributed by atoms with Gasteiger partial charge < -0.3 is 14.8 Å². The summed E-state index contributed by atoms with van der Waals surface area (Å²) in [5.74, 6) is -0.426. The van der Waals surface area contributed by atoms with E-state index < -0.39 is 32.6 Å². The molecule has 1 atom stereocenters. The van der Waals surface area contributed by atoms with Crippen LogP contribution in [0.5, 0.6) is 0 Å². The number of hydrogen-bond donors (Lipinski definition) is 1.